The molecule has 1 aliphatic rings. The molecule has 27 heavy (non-hydrogen) atoms. The topological polar surface area (TPSA) is 58.6 Å². The van der Waals surface area contributed by atoms with E-state index in [1.807, 2.05) is 36.4 Å². The van der Waals surface area contributed by atoms with Gasteiger partial charge in [-0.05, 0) is 23.6 Å². The maximum atomic E-state index is 13.3. The van der Waals surface area contributed by atoms with Crippen LogP contribution in [0.15, 0.2) is 70.5 Å². The highest BCUT2D eigenvalue weighted by Crippen LogP contribution is 2.35. The van der Waals surface area contributed by atoms with Crippen molar-refractivity contribution in [3.8, 4) is 5.75 Å². The van der Waals surface area contributed by atoms with Crippen LogP contribution in [0.2, 0.25) is 0 Å². The number of hydrogen-bond donors (Lipinski definition) is 1. The lowest BCUT2D eigenvalue weighted by molar-refractivity contribution is 0.411. The number of methoxy groups -OCH3 is 1. The molecule has 0 spiro atoms. The zero-order valence-electron chi connectivity index (χ0n) is 15.2. The Balaban J connectivity index is 1.80. The molecule has 0 atom stereocenters. The molecule has 6 heteroatoms. The molecule has 0 radical (unpaired) electrons. The average Bonchev–Trinajstić information content (AvgIpc) is 2.73. The van der Waals surface area contributed by atoms with E-state index >= 15 is 0 Å². The number of nitrogens with zero attached hydrogens (tertiary/aromatic N) is 1. The maximum absolute atomic E-state index is 13.3. The molecule has 1 saturated heterocycles. The minimum atomic E-state index is -3.66. The van der Waals surface area contributed by atoms with Crippen molar-refractivity contribution in [1.82, 2.24) is 5.32 Å². The Kier molecular flexibility index (Phi) is 4.76. The summed E-state index contributed by atoms with van der Waals surface area (Å²) >= 11 is 0. The van der Waals surface area contributed by atoms with Gasteiger partial charge in [0.1, 0.15) is 5.75 Å². The molecule has 0 unspecified atom stereocenters. The van der Waals surface area contributed by atoms with Crippen molar-refractivity contribution in [2.24, 2.45) is 0 Å². The van der Waals surface area contributed by atoms with Gasteiger partial charge in [0.15, 0.2) is 0 Å². The van der Waals surface area contributed by atoms with Crippen LogP contribution in [0.5, 0.6) is 5.75 Å². The molecule has 5 nitrogen and oxygen atoms in total. The van der Waals surface area contributed by atoms with Gasteiger partial charge in [-0.2, -0.15) is 0 Å². The second-order valence-corrected chi connectivity index (χ2v) is 8.47. The molecular weight excluding hydrogens is 360 g/mol. The fraction of sp³-hybridized carbons (Fsp3) is 0.238. The highest BCUT2D eigenvalue weighted by molar-refractivity contribution is 7.91. The van der Waals surface area contributed by atoms with Gasteiger partial charge in [-0.25, -0.2) is 8.42 Å². The van der Waals surface area contributed by atoms with Crippen molar-refractivity contribution in [2.75, 3.05) is 38.2 Å². The van der Waals surface area contributed by atoms with Gasteiger partial charge < -0.3 is 15.0 Å². The molecule has 3 aromatic carbocycles. The smallest absolute Gasteiger partial charge is 0.207 e. The lowest BCUT2D eigenvalue weighted by Crippen LogP contribution is -2.43. The van der Waals surface area contributed by atoms with Gasteiger partial charge in [0.05, 0.1) is 22.6 Å². The lowest BCUT2D eigenvalue weighted by Gasteiger charge is -2.30. The summed E-state index contributed by atoms with van der Waals surface area (Å²) in [6.07, 6.45) is 0. The van der Waals surface area contributed by atoms with E-state index in [1.54, 1.807) is 31.4 Å². The summed E-state index contributed by atoms with van der Waals surface area (Å²) in [6, 6.07) is 18.0. The normalized spacial score (nSPS) is 15.1. The monoisotopic (exact) mass is 382 g/mol. The van der Waals surface area contributed by atoms with E-state index < -0.39 is 9.84 Å². The third kappa shape index (κ3) is 3.26. The number of rotatable bonds is 4. The number of hydrogen-bond acceptors (Lipinski definition) is 5. The molecule has 0 aromatic heterocycles. The van der Waals surface area contributed by atoms with Gasteiger partial charge in [-0.15, -0.1) is 0 Å². The number of sulfone groups is 1. The third-order valence-electron chi connectivity index (χ3n) is 4.96. The van der Waals surface area contributed by atoms with Gasteiger partial charge in [0, 0.05) is 37.6 Å². The lowest BCUT2D eigenvalue weighted by atomic mass is 10.1. The first-order chi connectivity index (χ1) is 13.1. The number of piperazine rings is 1. The van der Waals surface area contributed by atoms with Gasteiger partial charge in [0.2, 0.25) is 9.84 Å². The van der Waals surface area contributed by atoms with Gasteiger partial charge in [0.25, 0.3) is 0 Å². The van der Waals surface area contributed by atoms with Crippen LogP contribution < -0.4 is 15.0 Å². The first-order valence-electron chi connectivity index (χ1n) is 8.98. The highest BCUT2D eigenvalue weighted by atomic mass is 32.2. The number of ether oxygens (including phenoxy) is 1. The zero-order valence-corrected chi connectivity index (χ0v) is 16.0. The van der Waals surface area contributed by atoms with Gasteiger partial charge in [-0.3, -0.25) is 0 Å². The number of benzene rings is 3. The molecule has 0 amide bonds. The molecule has 1 fully saturated rings. The van der Waals surface area contributed by atoms with E-state index in [9.17, 15) is 8.42 Å². The van der Waals surface area contributed by atoms with Crippen molar-refractivity contribution < 1.29 is 13.2 Å². The summed E-state index contributed by atoms with van der Waals surface area (Å²) in [4.78, 5) is 2.77. The summed E-state index contributed by atoms with van der Waals surface area (Å²) in [5.74, 6) is 0.582. The third-order valence-corrected chi connectivity index (χ3v) is 6.77. The Labute approximate surface area is 159 Å². The molecule has 0 saturated carbocycles. The first kappa shape index (κ1) is 17.8. The number of nitrogens with one attached hydrogen (secondary N) is 1. The minimum absolute atomic E-state index is 0.245. The van der Waals surface area contributed by atoms with Crippen LogP contribution in [0.4, 0.5) is 5.69 Å². The van der Waals surface area contributed by atoms with Crippen molar-refractivity contribution in [1.29, 1.82) is 0 Å². The van der Waals surface area contributed by atoms with Crippen LogP contribution in [0, 0.1) is 0 Å². The molecule has 1 aliphatic heterocycles. The van der Waals surface area contributed by atoms with E-state index in [1.165, 1.54) is 0 Å². The Bertz CT molecular complexity index is 1070. The van der Waals surface area contributed by atoms with E-state index in [2.05, 4.69) is 10.2 Å². The Hall–Kier alpha value is -2.57. The molecule has 0 bridgehead atoms. The zero-order chi connectivity index (χ0) is 18.9. The molecule has 3 aromatic rings. The van der Waals surface area contributed by atoms with Crippen LogP contribution in [0.1, 0.15) is 0 Å². The van der Waals surface area contributed by atoms with Crippen molar-refractivity contribution in [2.45, 2.75) is 9.79 Å². The van der Waals surface area contributed by atoms with Crippen LogP contribution in [-0.4, -0.2) is 41.7 Å². The standard InChI is InChI=1S/C21H22N2O3S/c1-26-20-15-17(9-10-19(20)23-13-11-22-12-14-23)27(24,25)21-8-4-6-16-5-2-3-7-18(16)21/h2-10,15,22H,11-14H2,1H3. The number of anilines is 1. The summed E-state index contributed by atoms with van der Waals surface area (Å²) in [7, 11) is -2.08. The minimum Gasteiger partial charge on any atom is -0.495 e. The largest absolute Gasteiger partial charge is 0.495 e. The second-order valence-electron chi connectivity index (χ2n) is 6.55. The van der Waals surface area contributed by atoms with E-state index in [4.69, 9.17) is 4.74 Å². The summed E-state index contributed by atoms with van der Waals surface area (Å²) in [5, 5.41) is 4.95. The average molecular weight is 382 g/mol. The van der Waals surface area contributed by atoms with E-state index in [0.717, 1.165) is 42.6 Å². The highest BCUT2D eigenvalue weighted by Gasteiger charge is 2.23. The van der Waals surface area contributed by atoms with Crippen LogP contribution in [-0.2, 0) is 9.84 Å². The Morgan fingerprint density at radius 2 is 1.70 bits per heavy atom. The van der Waals surface area contributed by atoms with Crippen LogP contribution in [0.25, 0.3) is 10.8 Å². The summed E-state index contributed by atoms with van der Waals surface area (Å²) < 4.78 is 32.2. The quantitative estimate of drug-likeness (QED) is 0.751. The molecule has 1 heterocycles. The second kappa shape index (κ2) is 7.21. The molecule has 140 valence electrons. The van der Waals surface area contributed by atoms with E-state index in [-0.39, 0.29) is 4.90 Å². The molecule has 4 rings (SSSR count). The predicted octanol–water partition coefficient (Wildman–Crippen LogP) is 3.09. The summed E-state index contributed by atoms with van der Waals surface area (Å²) in [5.41, 5.74) is 0.927. The maximum Gasteiger partial charge on any atom is 0.207 e. The Morgan fingerprint density at radius 1 is 0.963 bits per heavy atom. The van der Waals surface area contributed by atoms with E-state index in [0.29, 0.717) is 10.6 Å². The fourth-order valence-corrected chi connectivity index (χ4v) is 5.05. The first-order valence-corrected chi connectivity index (χ1v) is 10.5. The van der Waals surface area contributed by atoms with Crippen LogP contribution >= 0.6 is 0 Å². The van der Waals surface area contributed by atoms with Crippen molar-refractivity contribution in [3.05, 3.63) is 60.7 Å². The molecular formula is C21H22N2O3S. The van der Waals surface area contributed by atoms with Crippen molar-refractivity contribution in [3.63, 3.8) is 0 Å². The summed E-state index contributed by atoms with van der Waals surface area (Å²) in [6.45, 7) is 3.54. The molecule has 1 N–H and O–H groups in total. The molecule has 0 aliphatic carbocycles. The van der Waals surface area contributed by atoms with Crippen molar-refractivity contribution >= 4 is 26.3 Å². The number of fused-ring (bicyclic) bond motifs is 1. The Morgan fingerprint density at radius 3 is 2.48 bits per heavy atom. The fourth-order valence-electron chi connectivity index (χ4n) is 3.55. The van der Waals surface area contributed by atoms with Gasteiger partial charge in [-0.1, -0.05) is 36.4 Å². The predicted molar refractivity (Wildman–Crippen MR) is 107 cm³/mol. The van der Waals surface area contributed by atoms with Crippen LogP contribution in [0.3, 0.4) is 0 Å². The van der Waals surface area contributed by atoms with Gasteiger partial charge >= 0.3 is 0 Å². The SMILES string of the molecule is COc1cc(S(=O)(=O)c2cccc3ccccc23)ccc1N1CCNCC1.